The zero-order chi connectivity index (χ0) is 24.7. The molecule has 0 atom stereocenters. The molecule has 0 fully saturated rings. The minimum Gasteiger partial charge on any atom is -0.456 e. The molecule has 0 aliphatic carbocycles. The van der Waals surface area contributed by atoms with E-state index in [9.17, 15) is 13.2 Å². The second-order valence-corrected chi connectivity index (χ2v) is 10.6. The molecule has 180 valence electrons. The van der Waals surface area contributed by atoms with Crippen LogP contribution in [0.25, 0.3) is 10.6 Å². The number of thiazole rings is 1. The van der Waals surface area contributed by atoms with E-state index in [0.717, 1.165) is 17.0 Å². The van der Waals surface area contributed by atoms with Gasteiger partial charge in [-0.3, -0.25) is 4.31 Å². The molecule has 0 aliphatic heterocycles. The van der Waals surface area contributed by atoms with Gasteiger partial charge in [-0.15, -0.1) is 11.3 Å². The van der Waals surface area contributed by atoms with E-state index < -0.39 is 16.0 Å². The van der Waals surface area contributed by atoms with Crippen LogP contribution < -0.4 is 4.31 Å². The van der Waals surface area contributed by atoms with Gasteiger partial charge in [-0.2, -0.15) is 0 Å². The van der Waals surface area contributed by atoms with E-state index >= 15 is 0 Å². The molecular formula is C27H26N2O4S2. The molecule has 0 amide bonds. The molecule has 0 N–H and O–H groups in total. The first-order chi connectivity index (χ1) is 17.0. The van der Waals surface area contributed by atoms with Crippen LogP contribution in [0.4, 0.5) is 5.69 Å². The summed E-state index contributed by atoms with van der Waals surface area (Å²) in [5.41, 5.74) is 2.40. The molecule has 4 aromatic rings. The monoisotopic (exact) mass is 506 g/mol. The van der Waals surface area contributed by atoms with Crippen molar-refractivity contribution >= 4 is 33.0 Å². The van der Waals surface area contributed by atoms with Crippen LogP contribution in [-0.2, 0) is 21.4 Å². The first kappa shape index (κ1) is 24.6. The SMILES string of the molecule is CCCCN(c1ccccc1)S(=O)(=O)c1cccc(C(=O)OCc2csc(-c3ccccc3)n2)c1. The third-order valence-corrected chi connectivity index (χ3v) is 8.10. The number of hydrogen-bond donors (Lipinski definition) is 0. The molecule has 35 heavy (non-hydrogen) atoms. The Morgan fingerprint density at radius 1 is 0.971 bits per heavy atom. The van der Waals surface area contributed by atoms with Crippen molar-refractivity contribution in [3.8, 4) is 10.6 Å². The van der Waals surface area contributed by atoms with Gasteiger partial charge in [0.1, 0.15) is 11.6 Å². The summed E-state index contributed by atoms with van der Waals surface area (Å²) in [4.78, 5) is 17.3. The van der Waals surface area contributed by atoms with E-state index in [1.165, 1.54) is 27.8 Å². The molecule has 1 heterocycles. The molecular weight excluding hydrogens is 480 g/mol. The minimum atomic E-state index is -3.86. The van der Waals surface area contributed by atoms with Crippen molar-refractivity contribution in [3.63, 3.8) is 0 Å². The lowest BCUT2D eigenvalue weighted by Crippen LogP contribution is -2.32. The normalized spacial score (nSPS) is 11.2. The van der Waals surface area contributed by atoms with Crippen molar-refractivity contribution in [1.29, 1.82) is 0 Å². The van der Waals surface area contributed by atoms with E-state index in [2.05, 4.69) is 4.98 Å². The Morgan fingerprint density at radius 2 is 1.69 bits per heavy atom. The lowest BCUT2D eigenvalue weighted by molar-refractivity contribution is 0.0468. The number of esters is 1. The van der Waals surface area contributed by atoms with Crippen molar-refractivity contribution in [2.24, 2.45) is 0 Å². The van der Waals surface area contributed by atoms with E-state index in [1.54, 1.807) is 36.4 Å². The van der Waals surface area contributed by atoms with Gasteiger partial charge in [0.25, 0.3) is 10.0 Å². The van der Waals surface area contributed by atoms with E-state index in [4.69, 9.17) is 4.74 Å². The van der Waals surface area contributed by atoms with Crippen molar-refractivity contribution in [2.45, 2.75) is 31.3 Å². The number of rotatable bonds is 10. The van der Waals surface area contributed by atoms with Crippen molar-refractivity contribution in [1.82, 2.24) is 4.98 Å². The van der Waals surface area contributed by atoms with Crippen molar-refractivity contribution in [3.05, 3.63) is 102 Å². The second-order valence-electron chi connectivity index (χ2n) is 7.88. The molecule has 0 aliphatic rings. The van der Waals surface area contributed by atoms with Gasteiger partial charge in [0.15, 0.2) is 0 Å². The number of hydrogen-bond acceptors (Lipinski definition) is 6. The summed E-state index contributed by atoms with van der Waals surface area (Å²) >= 11 is 1.48. The van der Waals surface area contributed by atoms with Crippen LogP contribution >= 0.6 is 11.3 Å². The third kappa shape index (κ3) is 5.96. The predicted octanol–water partition coefficient (Wildman–Crippen LogP) is 6.16. The summed E-state index contributed by atoms with van der Waals surface area (Å²) in [6, 6.07) is 24.7. The largest absolute Gasteiger partial charge is 0.456 e. The number of sulfonamides is 1. The smallest absolute Gasteiger partial charge is 0.338 e. The van der Waals surface area contributed by atoms with Crippen LogP contribution in [0.1, 0.15) is 35.8 Å². The number of ether oxygens (including phenoxy) is 1. The molecule has 0 radical (unpaired) electrons. The van der Waals surface area contributed by atoms with Gasteiger partial charge in [-0.1, -0.05) is 67.9 Å². The lowest BCUT2D eigenvalue weighted by Gasteiger charge is -2.24. The number of carbonyl (C=O) groups is 1. The number of anilines is 1. The molecule has 0 saturated carbocycles. The Balaban J connectivity index is 1.49. The second kappa shape index (κ2) is 11.3. The number of benzene rings is 3. The fourth-order valence-corrected chi connectivity index (χ4v) is 5.86. The number of aromatic nitrogens is 1. The fourth-order valence-electron chi connectivity index (χ4n) is 3.50. The molecule has 0 unspecified atom stereocenters. The van der Waals surface area contributed by atoms with Crippen molar-refractivity contribution in [2.75, 3.05) is 10.8 Å². The highest BCUT2D eigenvalue weighted by atomic mass is 32.2. The Bertz CT molecular complexity index is 1370. The molecule has 8 heteroatoms. The van der Waals surface area contributed by atoms with Gasteiger partial charge >= 0.3 is 5.97 Å². The topological polar surface area (TPSA) is 76.6 Å². The molecule has 6 nitrogen and oxygen atoms in total. The van der Waals surface area contributed by atoms with E-state index in [-0.39, 0.29) is 17.1 Å². The van der Waals surface area contributed by atoms with Gasteiger partial charge in [0.2, 0.25) is 0 Å². The highest BCUT2D eigenvalue weighted by Gasteiger charge is 2.25. The predicted molar refractivity (Wildman–Crippen MR) is 139 cm³/mol. The Kier molecular flexibility index (Phi) is 7.94. The summed E-state index contributed by atoms with van der Waals surface area (Å²) in [5, 5.41) is 2.69. The first-order valence-electron chi connectivity index (χ1n) is 11.3. The maximum absolute atomic E-state index is 13.5. The molecule has 1 aromatic heterocycles. The standard InChI is InChI=1S/C27H26N2O4S2/c1-2-3-17-29(24-14-8-5-9-15-24)35(31,32)25-16-10-13-22(18-25)27(30)33-19-23-20-34-26(28-23)21-11-6-4-7-12-21/h4-16,18,20H,2-3,17,19H2,1H3. The average molecular weight is 507 g/mol. The molecule has 0 bridgehead atoms. The Morgan fingerprint density at radius 3 is 2.40 bits per heavy atom. The van der Waals surface area contributed by atoms with Gasteiger partial charge in [0, 0.05) is 17.5 Å². The summed E-state index contributed by atoms with van der Waals surface area (Å²) in [7, 11) is -3.86. The van der Waals surface area contributed by atoms with Crippen LogP contribution in [0.2, 0.25) is 0 Å². The summed E-state index contributed by atoms with van der Waals surface area (Å²) in [6.07, 6.45) is 1.57. The van der Waals surface area contributed by atoms with Gasteiger partial charge < -0.3 is 4.74 Å². The summed E-state index contributed by atoms with van der Waals surface area (Å²) < 4.78 is 33.8. The maximum atomic E-state index is 13.5. The third-order valence-electron chi connectivity index (χ3n) is 5.34. The number of unbranched alkanes of at least 4 members (excludes halogenated alkanes) is 1. The summed E-state index contributed by atoms with van der Waals surface area (Å²) in [5.74, 6) is -0.601. The van der Waals surface area contributed by atoms with Gasteiger partial charge in [-0.25, -0.2) is 18.2 Å². The molecule has 4 rings (SSSR count). The molecule has 3 aromatic carbocycles. The van der Waals surface area contributed by atoms with Crippen LogP contribution in [-0.4, -0.2) is 25.9 Å². The molecule has 0 saturated heterocycles. The van der Waals surface area contributed by atoms with E-state index in [0.29, 0.717) is 24.3 Å². The average Bonchev–Trinajstić information content (AvgIpc) is 3.38. The van der Waals surface area contributed by atoms with Crippen LogP contribution in [0.15, 0.2) is 95.2 Å². The highest BCUT2D eigenvalue weighted by Crippen LogP contribution is 2.26. The van der Waals surface area contributed by atoms with Crippen LogP contribution in [0, 0.1) is 0 Å². The lowest BCUT2D eigenvalue weighted by atomic mass is 10.2. The highest BCUT2D eigenvalue weighted by molar-refractivity contribution is 7.92. The summed E-state index contributed by atoms with van der Waals surface area (Å²) in [6.45, 7) is 2.37. The molecule has 0 spiro atoms. The first-order valence-corrected chi connectivity index (χ1v) is 13.7. The van der Waals surface area contributed by atoms with Crippen LogP contribution in [0.5, 0.6) is 0 Å². The number of carbonyl (C=O) groups excluding carboxylic acids is 1. The number of nitrogens with zero attached hydrogens (tertiary/aromatic N) is 2. The van der Waals surface area contributed by atoms with Gasteiger partial charge in [-0.05, 0) is 36.8 Å². The van der Waals surface area contributed by atoms with Crippen LogP contribution in [0.3, 0.4) is 0 Å². The van der Waals surface area contributed by atoms with Crippen molar-refractivity contribution < 1.29 is 17.9 Å². The number of para-hydroxylation sites is 1. The Hall–Kier alpha value is -3.49. The van der Waals surface area contributed by atoms with Gasteiger partial charge in [0.05, 0.1) is 21.8 Å². The van der Waals surface area contributed by atoms with E-state index in [1.807, 2.05) is 48.7 Å². The Labute approximate surface area is 209 Å². The quantitative estimate of drug-likeness (QED) is 0.241. The fraction of sp³-hybridized carbons (Fsp3) is 0.185. The zero-order valence-corrected chi connectivity index (χ0v) is 21.0. The maximum Gasteiger partial charge on any atom is 0.338 e. The zero-order valence-electron chi connectivity index (χ0n) is 19.3. The minimum absolute atomic E-state index is 0.00574.